The van der Waals surface area contributed by atoms with Gasteiger partial charge in [0.1, 0.15) is 5.75 Å². The summed E-state index contributed by atoms with van der Waals surface area (Å²) in [5.74, 6) is 1.48. The number of carbonyl (C=O) groups excluding carboxylic acids is 1. The molecule has 2 fully saturated rings. The van der Waals surface area contributed by atoms with E-state index in [2.05, 4.69) is 15.6 Å². The fourth-order valence-electron chi connectivity index (χ4n) is 4.59. The number of aromatic nitrogens is 1. The van der Waals surface area contributed by atoms with Crippen molar-refractivity contribution in [2.75, 3.05) is 13.1 Å². The molecule has 1 aromatic carbocycles. The summed E-state index contributed by atoms with van der Waals surface area (Å²) in [5.41, 5.74) is -0.155. The molecular formula is C23H30ClN3O3. The minimum atomic E-state index is -0.155. The highest BCUT2D eigenvalue weighted by molar-refractivity contribution is 6.32. The monoisotopic (exact) mass is 431 g/mol. The number of H-pyrrole nitrogens is 1. The average Bonchev–Trinajstić information content (AvgIpc) is 2.76. The minimum Gasteiger partial charge on any atom is -0.489 e. The first kappa shape index (κ1) is 21.2. The number of fused-ring (bicyclic) bond motifs is 1. The van der Waals surface area contributed by atoms with Crippen LogP contribution in [0.15, 0.2) is 29.2 Å². The summed E-state index contributed by atoms with van der Waals surface area (Å²) in [6, 6.07) is 5.58. The molecule has 7 heteroatoms. The van der Waals surface area contributed by atoms with Crippen LogP contribution in [0.3, 0.4) is 0 Å². The summed E-state index contributed by atoms with van der Waals surface area (Å²) >= 11 is 6.35. The maximum absolute atomic E-state index is 12.3. The zero-order valence-electron chi connectivity index (χ0n) is 17.2. The van der Waals surface area contributed by atoms with Crippen molar-refractivity contribution in [1.29, 1.82) is 0 Å². The smallest absolute Gasteiger partial charge is 0.255 e. The number of benzene rings is 1. The van der Waals surface area contributed by atoms with Gasteiger partial charge in [-0.2, -0.15) is 0 Å². The number of carbonyl (C=O) groups is 1. The molecule has 0 spiro atoms. The first-order valence-electron chi connectivity index (χ1n) is 11.1. The molecule has 3 N–H and O–H groups in total. The highest BCUT2D eigenvalue weighted by Crippen LogP contribution is 2.32. The van der Waals surface area contributed by atoms with Crippen LogP contribution in [0.2, 0.25) is 5.02 Å². The first-order valence-corrected chi connectivity index (χ1v) is 11.4. The molecule has 1 saturated carbocycles. The van der Waals surface area contributed by atoms with Crippen molar-refractivity contribution in [3.63, 3.8) is 0 Å². The van der Waals surface area contributed by atoms with E-state index in [1.165, 1.54) is 12.8 Å². The van der Waals surface area contributed by atoms with Gasteiger partial charge in [0.2, 0.25) is 5.91 Å². The van der Waals surface area contributed by atoms with Crippen LogP contribution in [0.5, 0.6) is 5.75 Å². The third kappa shape index (κ3) is 5.35. The Labute approximate surface area is 181 Å². The van der Waals surface area contributed by atoms with Gasteiger partial charge in [0.15, 0.2) is 0 Å². The van der Waals surface area contributed by atoms with Crippen LogP contribution in [0.4, 0.5) is 0 Å². The van der Waals surface area contributed by atoms with Crippen LogP contribution in [0.25, 0.3) is 10.8 Å². The minimum absolute atomic E-state index is 0.0739. The standard InChI is InChI=1S/C23H30ClN3O3/c24-20-14-19-16(9-12-26-23(19)29)13-21(20)30-18-4-2-17(3-5-18)27-22(28)6-1-15-7-10-25-11-8-15/h9,12-15,17-18,25H,1-8,10-11H2,(H,26,29)(H,27,28)/t17-,18+. The van der Waals surface area contributed by atoms with E-state index in [0.29, 0.717) is 28.5 Å². The highest BCUT2D eigenvalue weighted by atomic mass is 35.5. The molecule has 4 rings (SSSR count). The Hall–Kier alpha value is -2.05. The van der Waals surface area contributed by atoms with Gasteiger partial charge in [0.05, 0.1) is 11.1 Å². The van der Waals surface area contributed by atoms with E-state index in [1.807, 2.05) is 12.1 Å². The lowest BCUT2D eigenvalue weighted by atomic mass is 9.91. The highest BCUT2D eigenvalue weighted by Gasteiger charge is 2.25. The fraction of sp³-hybridized carbons (Fsp3) is 0.565. The summed E-state index contributed by atoms with van der Waals surface area (Å²) in [6.45, 7) is 2.15. The topological polar surface area (TPSA) is 83.2 Å². The molecule has 2 heterocycles. The van der Waals surface area contributed by atoms with Crippen molar-refractivity contribution in [2.45, 2.75) is 63.5 Å². The van der Waals surface area contributed by atoms with Crippen molar-refractivity contribution >= 4 is 28.3 Å². The number of halogens is 1. The Morgan fingerprint density at radius 3 is 2.67 bits per heavy atom. The van der Waals surface area contributed by atoms with Crippen LogP contribution in [-0.4, -0.2) is 36.1 Å². The molecule has 2 aromatic rings. The number of ether oxygens (including phenoxy) is 1. The molecule has 1 saturated heterocycles. The summed E-state index contributed by atoms with van der Waals surface area (Å²) in [7, 11) is 0. The van der Waals surface area contributed by atoms with Gasteiger partial charge in [0, 0.05) is 24.0 Å². The van der Waals surface area contributed by atoms with Crippen molar-refractivity contribution in [2.24, 2.45) is 5.92 Å². The molecule has 0 unspecified atom stereocenters. The maximum Gasteiger partial charge on any atom is 0.255 e. The van der Waals surface area contributed by atoms with E-state index in [0.717, 1.165) is 50.6 Å². The van der Waals surface area contributed by atoms with Crippen molar-refractivity contribution in [1.82, 2.24) is 15.6 Å². The van der Waals surface area contributed by atoms with Gasteiger partial charge in [-0.1, -0.05) is 11.6 Å². The van der Waals surface area contributed by atoms with Gasteiger partial charge in [-0.15, -0.1) is 0 Å². The van der Waals surface area contributed by atoms with E-state index in [9.17, 15) is 9.59 Å². The van der Waals surface area contributed by atoms with Gasteiger partial charge in [-0.05, 0) is 87.5 Å². The lowest BCUT2D eigenvalue weighted by Crippen LogP contribution is -2.40. The van der Waals surface area contributed by atoms with Crippen LogP contribution >= 0.6 is 11.6 Å². The van der Waals surface area contributed by atoms with Gasteiger partial charge in [-0.25, -0.2) is 0 Å². The van der Waals surface area contributed by atoms with Crippen molar-refractivity contribution in [3.05, 3.63) is 39.8 Å². The van der Waals surface area contributed by atoms with E-state index in [4.69, 9.17) is 16.3 Å². The molecule has 6 nitrogen and oxygen atoms in total. The molecule has 30 heavy (non-hydrogen) atoms. The van der Waals surface area contributed by atoms with Gasteiger partial charge in [-0.3, -0.25) is 9.59 Å². The molecule has 0 atom stereocenters. The predicted octanol–water partition coefficient (Wildman–Crippen LogP) is 3.77. The third-order valence-corrected chi connectivity index (χ3v) is 6.69. The molecule has 0 bridgehead atoms. The van der Waals surface area contributed by atoms with Crippen LogP contribution in [0.1, 0.15) is 51.4 Å². The lowest BCUT2D eigenvalue weighted by molar-refractivity contribution is -0.122. The number of piperidine rings is 1. The third-order valence-electron chi connectivity index (χ3n) is 6.40. The SMILES string of the molecule is O=C(CCC1CCNCC1)N[C@H]1CC[C@@H](Oc2cc3cc[nH]c(=O)c3cc2Cl)CC1. The molecule has 1 aliphatic carbocycles. The fourth-order valence-corrected chi connectivity index (χ4v) is 4.80. The van der Waals surface area contributed by atoms with E-state index in [1.54, 1.807) is 12.3 Å². The predicted molar refractivity (Wildman–Crippen MR) is 119 cm³/mol. The normalized spacial score (nSPS) is 22.7. The zero-order chi connectivity index (χ0) is 20.9. The summed E-state index contributed by atoms with van der Waals surface area (Å²) in [4.78, 5) is 26.9. The van der Waals surface area contributed by atoms with E-state index < -0.39 is 0 Å². The Morgan fingerprint density at radius 2 is 1.90 bits per heavy atom. The molecule has 0 radical (unpaired) electrons. The number of rotatable bonds is 6. The zero-order valence-corrected chi connectivity index (χ0v) is 18.0. The lowest BCUT2D eigenvalue weighted by Gasteiger charge is -2.30. The first-order chi connectivity index (χ1) is 14.6. The molecule has 1 aliphatic heterocycles. The van der Waals surface area contributed by atoms with Crippen LogP contribution in [-0.2, 0) is 4.79 Å². The second-order valence-electron chi connectivity index (χ2n) is 8.57. The van der Waals surface area contributed by atoms with E-state index >= 15 is 0 Å². The van der Waals surface area contributed by atoms with Crippen LogP contribution < -0.4 is 20.9 Å². The molecule has 162 valence electrons. The Bertz CT molecular complexity index is 931. The number of hydrogen-bond donors (Lipinski definition) is 3. The van der Waals surface area contributed by atoms with Crippen molar-refractivity contribution < 1.29 is 9.53 Å². The second-order valence-corrected chi connectivity index (χ2v) is 8.97. The summed E-state index contributed by atoms with van der Waals surface area (Å²) < 4.78 is 6.15. The Balaban J connectivity index is 1.24. The number of nitrogens with one attached hydrogen (secondary N) is 3. The summed E-state index contributed by atoms with van der Waals surface area (Å²) in [5, 5.41) is 8.40. The molecule has 1 amide bonds. The number of amides is 1. The molecular weight excluding hydrogens is 402 g/mol. The number of pyridine rings is 1. The van der Waals surface area contributed by atoms with Gasteiger partial charge < -0.3 is 20.4 Å². The Morgan fingerprint density at radius 1 is 1.13 bits per heavy atom. The molecule has 2 aliphatic rings. The van der Waals surface area contributed by atoms with Gasteiger partial charge in [0.25, 0.3) is 5.56 Å². The average molecular weight is 432 g/mol. The summed E-state index contributed by atoms with van der Waals surface area (Å²) in [6.07, 6.45) is 9.27. The van der Waals surface area contributed by atoms with E-state index in [-0.39, 0.29) is 23.6 Å². The molecule has 1 aromatic heterocycles. The second kappa shape index (κ2) is 9.84. The quantitative estimate of drug-likeness (QED) is 0.650. The largest absolute Gasteiger partial charge is 0.489 e. The number of aromatic amines is 1. The maximum atomic E-state index is 12.3. The Kier molecular flexibility index (Phi) is 6.95. The number of hydrogen-bond acceptors (Lipinski definition) is 4. The van der Waals surface area contributed by atoms with Crippen molar-refractivity contribution in [3.8, 4) is 5.75 Å². The van der Waals surface area contributed by atoms with Gasteiger partial charge >= 0.3 is 0 Å². The van der Waals surface area contributed by atoms with Crippen LogP contribution in [0, 0.1) is 5.92 Å².